The molecule has 2 amide bonds. The minimum Gasteiger partial charge on any atom is -0.338 e. The number of alkyl halides is 3. The van der Waals surface area contributed by atoms with Crippen LogP contribution in [0, 0.1) is 0 Å². The molecule has 0 fully saturated rings. The predicted octanol–water partition coefficient (Wildman–Crippen LogP) is 7.16. The Morgan fingerprint density at radius 3 is 2.50 bits per heavy atom. The third-order valence-corrected chi connectivity index (χ3v) is 6.22. The molecule has 0 saturated heterocycles. The van der Waals surface area contributed by atoms with Crippen molar-refractivity contribution in [2.75, 3.05) is 13.1 Å². The van der Waals surface area contributed by atoms with Crippen molar-refractivity contribution >= 4 is 17.4 Å². The Labute approximate surface area is 202 Å². The van der Waals surface area contributed by atoms with Gasteiger partial charge in [0.05, 0.1) is 16.8 Å². The molecule has 0 atom stereocenters. The monoisotopic (exact) mass is 489 g/mol. The van der Waals surface area contributed by atoms with Crippen LogP contribution in [0.1, 0.15) is 49.4 Å². The van der Waals surface area contributed by atoms with Gasteiger partial charge < -0.3 is 10.2 Å². The molecule has 34 heavy (non-hydrogen) atoms. The molecular weight excluding hydrogens is 459 g/mol. The minimum absolute atomic E-state index is 0.141. The van der Waals surface area contributed by atoms with Crippen LogP contribution in [0.4, 0.5) is 18.0 Å². The second kappa shape index (κ2) is 12.6. The molecule has 0 saturated carbocycles. The summed E-state index contributed by atoms with van der Waals surface area (Å²) in [5.41, 5.74) is 3.54. The molecule has 2 aromatic carbocycles. The number of hydrogen-bond acceptors (Lipinski definition) is 3. The van der Waals surface area contributed by atoms with Gasteiger partial charge in [0.25, 0.3) is 0 Å². The highest BCUT2D eigenvalue weighted by molar-refractivity contribution is 7.07. The van der Waals surface area contributed by atoms with E-state index in [2.05, 4.69) is 17.2 Å². The first-order chi connectivity index (χ1) is 16.4. The Hall–Kier alpha value is -2.87. The highest BCUT2D eigenvalue weighted by Crippen LogP contribution is 2.36. The predicted molar refractivity (Wildman–Crippen MR) is 131 cm³/mol. The smallest absolute Gasteiger partial charge is 0.338 e. The molecule has 0 radical (unpaired) electrons. The van der Waals surface area contributed by atoms with Gasteiger partial charge in [-0.15, -0.1) is 11.3 Å². The summed E-state index contributed by atoms with van der Waals surface area (Å²) in [5, 5.41) is 4.96. The number of urea groups is 1. The first-order valence-electron chi connectivity index (χ1n) is 11.5. The van der Waals surface area contributed by atoms with Gasteiger partial charge in [-0.1, -0.05) is 68.7 Å². The second-order valence-corrected chi connectivity index (χ2v) is 8.90. The van der Waals surface area contributed by atoms with Crippen molar-refractivity contribution < 1.29 is 18.0 Å². The number of nitrogens with one attached hydrogen (secondary N) is 1. The Kier molecular flexibility index (Phi) is 9.51. The summed E-state index contributed by atoms with van der Waals surface area (Å²) in [6.07, 6.45) is 0.522. The number of halogens is 3. The number of unbranched alkanes of at least 4 members (excludes halogenated alkanes) is 3. The number of amides is 2. The third kappa shape index (κ3) is 7.58. The molecular formula is C26H30F3N3OS. The summed E-state index contributed by atoms with van der Waals surface area (Å²) < 4.78 is 40.2. The summed E-state index contributed by atoms with van der Waals surface area (Å²) in [7, 11) is 0. The van der Waals surface area contributed by atoms with Crippen molar-refractivity contribution in [1.82, 2.24) is 15.2 Å². The van der Waals surface area contributed by atoms with Crippen LogP contribution in [0.3, 0.4) is 0 Å². The summed E-state index contributed by atoms with van der Waals surface area (Å²) in [6, 6.07) is 12.4. The zero-order chi connectivity index (χ0) is 24.4. The van der Waals surface area contributed by atoms with Crippen LogP contribution in [0.2, 0.25) is 0 Å². The van der Waals surface area contributed by atoms with E-state index in [0.29, 0.717) is 31.6 Å². The van der Waals surface area contributed by atoms with Gasteiger partial charge in [0.1, 0.15) is 0 Å². The van der Waals surface area contributed by atoms with E-state index >= 15 is 0 Å². The molecule has 1 heterocycles. The van der Waals surface area contributed by atoms with Crippen molar-refractivity contribution in [3.8, 4) is 11.1 Å². The average Bonchev–Trinajstić information content (AvgIpc) is 3.35. The fourth-order valence-electron chi connectivity index (χ4n) is 3.71. The first-order valence-corrected chi connectivity index (χ1v) is 12.5. The van der Waals surface area contributed by atoms with Gasteiger partial charge in [-0.25, -0.2) is 9.78 Å². The molecule has 0 unspecified atom stereocenters. The number of thiazole rings is 1. The van der Waals surface area contributed by atoms with Crippen LogP contribution in [0.15, 0.2) is 59.4 Å². The number of carbonyl (C=O) groups is 1. The zero-order valence-electron chi connectivity index (χ0n) is 19.3. The van der Waals surface area contributed by atoms with Gasteiger partial charge in [-0.3, -0.25) is 0 Å². The van der Waals surface area contributed by atoms with E-state index in [1.54, 1.807) is 40.7 Å². The minimum atomic E-state index is -4.42. The molecule has 0 bridgehead atoms. The lowest BCUT2D eigenvalue weighted by molar-refractivity contribution is -0.137. The standard InChI is InChI=1S/C26H30F3N3OS/c1-2-3-4-7-15-30-25(33)32(16-14-22-18-34-19-31-22)17-20-10-12-21(13-11-20)23-8-5-6-9-24(23)26(27,28)29/h5-6,8-13,18-19H,2-4,7,14-17H2,1H3,(H,30,33). The molecule has 0 spiro atoms. The fraction of sp³-hybridized carbons (Fsp3) is 0.385. The van der Waals surface area contributed by atoms with E-state index < -0.39 is 11.7 Å². The van der Waals surface area contributed by atoms with Crippen LogP contribution in [0.25, 0.3) is 11.1 Å². The quantitative estimate of drug-likeness (QED) is 0.290. The van der Waals surface area contributed by atoms with E-state index in [9.17, 15) is 18.0 Å². The SMILES string of the molecule is CCCCCCNC(=O)N(CCc1cscn1)Cc1ccc(-c2ccccc2C(F)(F)F)cc1. The van der Waals surface area contributed by atoms with Gasteiger partial charge in [0, 0.05) is 31.4 Å². The number of nitrogens with zero attached hydrogens (tertiary/aromatic N) is 2. The van der Waals surface area contributed by atoms with Gasteiger partial charge in [0.15, 0.2) is 0 Å². The Morgan fingerprint density at radius 1 is 1.06 bits per heavy atom. The molecule has 3 rings (SSSR count). The van der Waals surface area contributed by atoms with Gasteiger partial charge in [0.2, 0.25) is 0 Å². The number of carbonyl (C=O) groups excluding carboxylic acids is 1. The molecule has 0 aliphatic heterocycles. The lowest BCUT2D eigenvalue weighted by Gasteiger charge is -2.23. The van der Waals surface area contributed by atoms with Crippen LogP contribution in [-0.4, -0.2) is 29.0 Å². The maximum atomic E-state index is 13.4. The molecule has 3 aromatic rings. The lowest BCUT2D eigenvalue weighted by Crippen LogP contribution is -2.41. The van der Waals surface area contributed by atoms with E-state index in [4.69, 9.17) is 0 Å². The maximum Gasteiger partial charge on any atom is 0.417 e. The molecule has 1 N–H and O–H groups in total. The number of aromatic nitrogens is 1. The molecule has 8 heteroatoms. The van der Waals surface area contributed by atoms with Crippen molar-refractivity contribution in [3.63, 3.8) is 0 Å². The van der Waals surface area contributed by atoms with Gasteiger partial charge in [-0.05, 0) is 29.2 Å². The fourth-order valence-corrected chi connectivity index (χ4v) is 4.31. The Balaban J connectivity index is 1.69. The van der Waals surface area contributed by atoms with E-state index in [1.165, 1.54) is 23.5 Å². The summed E-state index contributed by atoms with van der Waals surface area (Å²) in [4.78, 5) is 18.9. The number of benzene rings is 2. The van der Waals surface area contributed by atoms with Crippen molar-refractivity contribution in [2.24, 2.45) is 0 Å². The van der Waals surface area contributed by atoms with Crippen molar-refractivity contribution in [2.45, 2.75) is 51.7 Å². The van der Waals surface area contributed by atoms with Crippen LogP contribution < -0.4 is 5.32 Å². The van der Waals surface area contributed by atoms with E-state index in [0.717, 1.165) is 43.0 Å². The highest BCUT2D eigenvalue weighted by atomic mass is 32.1. The van der Waals surface area contributed by atoms with Crippen LogP contribution >= 0.6 is 11.3 Å². The topological polar surface area (TPSA) is 45.2 Å². The Bertz CT molecular complexity index is 1020. The zero-order valence-corrected chi connectivity index (χ0v) is 20.1. The third-order valence-electron chi connectivity index (χ3n) is 5.59. The molecule has 4 nitrogen and oxygen atoms in total. The number of hydrogen-bond donors (Lipinski definition) is 1. The number of rotatable bonds is 11. The highest BCUT2D eigenvalue weighted by Gasteiger charge is 2.33. The lowest BCUT2D eigenvalue weighted by atomic mass is 9.98. The van der Waals surface area contributed by atoms with Gasteiger partial charge >= 0.3 is 12.2 Å². The normalized spacial score (nSPS) is 11.4. The van der Waals surface area contributed by atoms with Crippen molar-refractivity contribution in [3.05, 3.63) is 76.2 Å². The molecule has 1 aromatic heterocycles. The molecule has 0 aliphatic rings. The van der Waals surface area contributed by atoms with Gasteiger partial charge in [-0.2, -0.15) is 13.2 Å². The van der Waals surface area contributed by atoms with Crippen LogP contribution in [0.5, 0.6) is 0 Å². The van der Waals surface area contributed by atoms with Crippen molar-refractivity contribution in [1.29, 1.82) is 0 Å². The first kappa shape index (κ1) is 25.7. The van der Waals surface area contributed by atoms with Crippen LogP contribution in [-0.2, 0) is 19.1 Å². The second-order valence-electron chi connectivity index (χ2n) is 8.18. The summed E-state index contributed by atoms with van der Waals surface area (Å²) in [6.45, 7) is 3.64. The largest absolute Gasteiger partial charge is 0.417 e. The molecule has 182 valence electrons. The maximum absolute atomic E-state index is 13.4. The average molecular weight is 490 g/mol. The van der Waals surface area contributed by atoms with E-state index in [-0.39, 0.29) is 11.6 Å². The molecule has 0 aliphatic carbocycles. The summed E-state index contributed by atoms with van der Waals surface area (Å²) in [5.74, 6) is 0. The Morgan fingerprint density at radius 2 is 1.82 bits per heavy atom. The van der Waals surface area contributed by atoms with E-state index in [1.807, 2.05) is 5.38 Å². The summed E-state index contributed by atoms with van der Waals surface area (Å²) >= 11 is 1.52.